The zero-order valence-electron chi connectivity index (χ0n) is 7.81. The van der Waals surface area contributed by atoms with Crippen molar-refractivity contribution in [2.45, 2.75) is 0 Å². The molecule has 0 aliphatic rings. The van der Waals surface area contributed by atoms with Crippen molar-refractivity contribution in [2.24, 2.45) is 0 Å². The third-order valence-electron chi connectivity index (χ3n) is 2.23. The fourth-order valence-corrected chi connectivity index (χ4v) is 2.14. The number of aromatic nitrogens is 3. The smallest absolute Gasteiger partial charge is 0.338 e. The average Bonchev–Trinajstić information content (AvgIpc) is 2.90. The molecule has 80 valence electrons. The summed E-state index contributed by atoms with van der Waals surface area (Å²) in [5, 5.41) is 12.4. The molecule has 3 aromatic heterocycles. The number of rotatable bonds is 1. The van der Waals surface area contributed by atoms with Gasteiger partial charge in [0.25, 0.3) is 5.56 Å². The summed E-state index contributed by atoms with van der Waals surface area (Å²) in [5.41, 5.74) is 0.250. The van der Waals surface area contributed by atoms with E-state index in [-0.39, 0.29) is 10.9 Å². The molecule has 0 amide bonds. The van der Waals surface area contributed by atoms with Gasteiger partial charge >= 0.3 is 5.63 Å². The zero-order valence-corrected chi connectivity index (χ0v) is 8.63. The van der Waals surface area contributed by atoms with Crippen LogP contribution in [0.2, 0.25) is 0 Å². The van der Waals surface area contributed by atoms with Crippen LogP contribution in [0.1, 0.15) is 0 Å². The summed E-state index contributed by atoms with van der Waals surface area (Å²) in [7, 11) is 0. The van der Waals surface area contributed by atoms with Gasteiger partial charge in [-0.1, -0.05) is 0 Å². The monoisotopic (exact) mass is 235 g/mol. The number of nitrogens with zero attached hydrogens (tertiary/aromatic N) is 1. The van der Waals surface area contributed by atoms with E-state index in [9.17, 15) is 9.59 Å². The largest absolute Gasteiger partial charge is 0.367 e. The third kappa shape index (κ3) is 1.15. The van der Waals surface area contributed by atoms with E-state index in [4.69, 9.17) is 0 Å². The molecule has 0 bridgehead atoms. The van der Waals surface area contributed by atoms with E-state index >= 15 is 0 Å². The lowest BCUT2D eigenvalue weighted by Crippen LogP contribution is -2.11. The summed E-state index contributed by atoms with van der Waals surface area (Å²) >= 11 is 1.48. The molecule has 3 rings (SSSR count). The van der Waals surface area contributed by atoms with E-state index in [0.29, 0.717) is 5.69 Å². The summed E-state index contributed by atoms with van der Waals surface area (Å²) in [6.07, 6.45) is 0. The van der Waals surface area contributed by atoms with Crippen molar-refractivity contribution in [2.75, 3.05) is 0 Å². The maximum absolute atomic E-state index is 11.5. The summed E-state index contributed by atoms with van der Waals surface area (Å²) in [4.78, 5) is 22.8. The highest BCUT2D eigenvalue weighted by molar-refractivity contribution is 7.08. The number of nitrogens with one attached hydrogen (secondary N) is 2. The average molecular weight is 235 g/mol. The van der Waals surface area contributed by atoms with E-state index in [1.165, 1.54) is 11.3 Å². The summed E-state index contributed by atoms with van der Waals surface area (Å²) in [6.45, 7) is 0. The predicted molar refractivity (Wildman–Crippen MR) is 58.6 cm³/mol. The van der Waals surface area contributed by atoms with Gasteiger partial charge in [0, 0.05) is 10.9 Å². The Morgan fingerprint density at radius 2 is 2.25 bits per heavy atom. The third-order valence-corrected chi connectivity index (χ3v) is 2.91. The van der Waals surface area contributed by atoms with Crippen LogP contribution < -0.4 is 11.2 Å². The van der Waals surface area contributed by atoms with Crippen LogP contribution in [-0.2, 0) is 0 Å². The SMILES string of the molecule is O=c1[nH]nc(-c2ccsc2)c2c(=O)o[nH]c12. The van der Waals surface area contributed by atoms with Crippen LogP contribution in [0, 0.1) is 0 Å². The molecule has 0 spiro atoms. The second kappa shape index (κ2) is 3.17. The molecule has 0 radical (unpaired) electrons. The highest BCUT2D eigenvalue weighted by Gasteiger charge is 2.15. The number of thiophene rings is 1. The van der Waals surface area contributed by atoms with Crippen molar-refractivity contribution in [3.05, 3.63) is 37.6 Å². The lowest BCUT2D eigenvalue weighted by atomic mass is 10.2. The molecule has 6 nitrogen and oxygen atoms in total. The van der Waals surface area contributed by atoms with Gasteiger partial charge in [-0.25, -0.2) is 15.0 Å². The van der Waals surface area contributed by atoms with Crippen LogP contribution in [-0.4, -0.2) is 15.4 Å². The fourth-order valence-electron chi connectivity index (χ4n) is 1.50. The molecule has 0 aliphatic carbocycles. The molecule has 0 unspecified atom stereocenters. The van der Waals surface area contributed by atoms with E-state index in [1.54, 1.807) is 0 Å². The minimum Gasteiger partial charge on any atom is -0.338 e. The Bertz CT molecular complexity index is 750. The lowest BCUT2D eigenvalue weighted by Gasteiger charge is -1.95. The molecule has 3 aromatic rings. The fraction of sp³-hybridized carbons (Fsp3) is 0. The van der Waals surface area contributed by atoms with Crippen molar-refractivity contribution in [1.29, 1.82) is 0 Å². The highest BCUT2D eigenvalue weighted by Crippen LogP contribution is 2.23. The first-order valence-electron chi connectivity index (χ1n) is 4.40. The van der Waals surface area contributed by atoms with Gasteiger partial charge in [0.1, 0.15) is 11.1 Å². The maximum atomic E-state index is 11.5. The Kier molecular flexibility index (Phi) is 1.80. The first-order valence-corrected chi connectivity index (χ1v) is 5.34. The highest BCUT2D eigenvalue weighted by atomic mass is 32.1. The van der Waals surface area contributed by atoms with Gasteiger partial charge in [-0.15, -0.1) is 0 Å². The van der Waals surface area contributed by atoms with Gasteiger partial charge < -0.3 is 4.52 Å². The van der Waals surface area contributed by atoms with Crippen LogP contribution >= 0.6 is 11.3 Å². The van der Waals surface area contributed by atoms with Crippen LogP contribution in [0.15, 0.2) is 30.9 Å². The van der Waals surface area contributed by atoms with E-state index in [2.05, 4.69) is 19.9 Å². The minimum atomic E-state index is -0.588. The van der Waals surface area contributed by atoms with Crippen LogP contribution in [0.4, 0.5) is 0 Å². The van der Waals surface area contributed by atoms with Crippen molar-refractivity contribution in [1.82, 2.24) is 15.4 Å². The van der Waals surface area contributed by atoms with Crippen LogP contribution in [0.25, 0.3) is 22.2 Å². The molecule has 0 aromatic carbocycles. The number of hydrogen-bond acceptors (Lipinski definition) is 5. The van der Waals surface area contributed by atoms with Crippen molar-refractivity contribution < 1.29 is 4.52 Å². The summed E-state index contributed by atoms with van der Waals surface area (Å²) < 4.78 is 4.60. The second-order valence-corrected chi connectivity index (χ2v) is 3.93. The van der Waals surface area contributed by atoms with Gasteiger partial charge in [-0.05, 0) is 11.4 Å². The minimum absolute atomic E-state index is 0.112. The first-order chi connectivity index (χ1) is 7.77. The van der Waals surface area contributed by atoms with E-state index in [0.717, 1.165) is 5.56 Å². The van der Waals surface area contributed by atoms with Gasteiger partial charge in [0.2, 0.25) is 0 Å². The molecule has 0 fully saturated rings. The van der Waals surface area contributed by atoms with Gasteiger partial charge in [-0.2, -0.15) is 16.4 Å². The predicted octanol–water partition coefficient (Wildman–Crippen LogP) is 0.933. The van der Waals surface area contributed by atoms with Gasteiger partial charge in [-0.3, -0.25) is 4.79 Å². The topological polar surface area (TPSA) is 91.8 Å². The Morgan fingerprint density at radius 1 is 1.38 bits per heavy atom. The number of aromatic amines is 2. The molecule has 3 heterocycles. The number of hydrogen-bond donors (Lipinski definition) is 2. The second-order valence-electron chi connectivity index (χ2n) is 3.15. The normalized spacial score (nSPS) is 11.0. The van der Waals surface area contributed by atoms with Crippen molar-refractivity contribution in [3.8, 4) is 11.3 Å². The van der Waals surface area contributed by atoms with Gasteiger partial charge in [0.15, 0.2) is 5.52 Å². The molecule has 0 saturated carbocycles. The molecule has 2 N–H and O–H groups in total. The Balaban J connectivity index is 2.51. The molecule has 0 atom stereocenters. The quantitative estimate of drug-likeness (QED) is 0.656. The zero-order chi connectivity index (χ0) is 11.1. The van der Waals surface area contributed by atoms with E-state index in [1.807, 2.05) is 16.8 Å². The lowest BCUT2D eigenvalue weighted by molar-refractivity contribution is 0.399. The molecule has 0 saturated heterocycles. The first kappa shape index (κ1) is 9.10. The van der Waals surface area contributed by atoms with Crippen LogP contribution in [0.3, 0.4) is 0 Å². The maximum Gasteiger partial charge on any atom is 0.367 e. The molecule has 16 heavy (non-hydrogen) atoms. The molecular weight excluding hydrogens is 230 g/mol. The number of H-pyrrole nitrogens is 2. The van der Waals surface area contributed by atoms with Crippen molar-refractivity contribution >= 4 is 22.2 Å². The Hall–Kier alpha value is -2.15. The molecule has 0 aliphatic heterocycles. The summed E-state index contributed by atoms with van der Waals surface area (Å²) in [5.74, 6) is 0. The van der Waals surface area contributed by atoms with Gasteiger partial charge in [0.05, 0.1) is 0 Å². The molecular formula is C9H5N3O3S. The molecule has 7 heteroatoms. The number of fused-ring (bicyclic) bond motifs is 1. The standard InChI is InChI=1S/C9H5N3O3S/c13-8-7-5(9(14)15-12-7)6(10-11-8)4-1-2-16-3-4/h1-3,12H,(H,11,13). The van der Waals surface area contributed by atoms with Crippen LogP contribution in [0.5, 0.6) is 0 Å². The Labute approximate surface area is 91.5 Å². The van der Waals surface area contributed by atoms with E-state index < -0.39 is 11.2 Å². The Morgan fingerprint density at radius 3 is 3.00 bits per heavy atom. The van der Waals surface area contributed by atoms with Crippen molar-refractivity contribution in [3.63, 3.8) is 0 Å². The summed E-state index contributed by atoms with van der Waals surface area (Å²) in [6, 6.07) is 1.82.